The van der Waals surface area contributed by atoms with Crippen molar-refractivity contribution in [3.8, 4) is 22.6 Å². The van der Waals surface area contributed by atoms with Gasteiger partial charge in [-0.05, 0) is 19.8 Å². The molecule has 0 unspecified atom stereocenters. The normalized spacial score (nSPS) is 14.9. The van der Waals surface area contributed by atoms with Crippen LogP contribution in [-0.4, -0.2) is 25.7 Å². The molecule has 3 heterocycles. The molecular weight excluding hydrogens is 340 g/mol. The van der Waals surface area contributed by atoms with Gasteiger partial charge in [-0.15, -0.1) is 0 Å². The van der Waals surface area contributed by atoms with Gasteiger partial charge in [0.2, 0.25) is 0 Å². The minimum absolute atomic E-state index is 0.212. The standard InChI is InChI=1S/C19H26N8/c1-3-15-21-13(2)17(22-15)19-18(14-8-5-4-6-9-14)20-12-27(19)11-7-10-16-23-25-26-24-16/h4-6,8-9,12,16,23-26H,3,7,10-11H2,1-2H3,(H,21,22). The summed E-state index contributed by atoms with van der Waals surface area (Å²) in [5.41, 5.74) is 17.2. The fourth-order valence-electron chi connectivity index (χ4n) is 3.42. The number of H-pyrrole nitrogens is 1. The first-order valence-electron chi connectivity index (χ1n) is 9.43. The third-order valence-corrected chi connectivity index (χ3v) is 4.83. The molecule has 5 N–H and O–H groups in total. The first-order chi connectivity index (χ1) is 13.3. The van der Waals surface area contributed by atoms with E-state index < -0.39 is 0 Å². The first-order valence-corrected chi connectivity index (χ1v) is 9.43. The van der Waals surface area contributed by atoms with E-state index in [2.05, 4.69) is 57.5 Å². The molecule has 27 heavy (non-hydrogen) atoms. The number of nitrogens with zero attached hydrogens (tertiary/aromatic N) is 3. The Kier molecular flexibility index (Phi) is 5.30. The number of nitrogens with one attached hydrogen (secondary N) is 5. The molecule has 0 atom stereocenters. The van der Waals surface area contributed by atoms with Crippen LogP contribution in [0.25, 0.3) is 22.6 Å². The second-order valence-electron chi connectivity index (χ2n) is 6.75. The molecule has 0 spiro atoms. The predicted octanol–water partition coefficient (Wildman–Crippen LogP) is 2.03. The summed E-state index contributed by atoms with van der Waals surface area (Å²) in [6.45, 7) is 5.07. The number of aromatic amines is 1. The van der Waals surface area contributed by atoms with Crippen molar-refractivity contribution in [2.24, 2.45) is 0 Å². The Balaban J connectivity index is 1.66. The van der Waals surface area contributed by atoms with Crippen LogP contribution in [-0.2, 0) is 13.0 Å². The molecule has 8 nitrogen and oxygen atoms in total. The summed E-state index contributed by atoms with van der Waals surface area (Å²) < 4.78 is 2.22. The lowest BCUT2D eigenvalue weighted by molar-refractivity contribution is 0.453. The van der Waals surface area contributed by atoms with Crippen LogP contribution < -0.4 is 21.9 Å². The van der Waals surface area contributed by atoms with Crippen molar-refractivity contribution in [1.29, 1.82) is 0 Å². The van der Waals surface area contributed by atoms with Crippen LogP contribution in [0, 0.1) is 6.92 Å². The van der Waals surface area contributed by atoms with E-state index in [0.29, 0.717) is 0 Å². The van der Waals surface area contributed by atoms with Crippen LogP contribution in [0.5, 0.6) is 0 Å². The second-order valence-corrected chi connectivity index (χ2v) is 6.75. The zero-order valence-electron chi connectivity index (χ0n) is 15.7. The summed E-state index contributed by atoms with van der Waals surface area (Å²) in [5.74, 6) is 1.01. The molecule has 0 aliphatic carbocycles. The Bertz CT molecular complexity index is 877. The number of rotatable bonds is 7. The van der Waals surface area contributed by atoms with Gasteiger partial charge in [-0.2, -0.15) is 11.1 Å². The summed E-state index contributed by atoms with van der Waals surface area (Å²) >= 11 is 0. The zero-order valence-corrected chi connectivity index (χ0v) is 15.7. The predicted molar refractivity (Wildman–Crippen MR) is 105 cm³/mol. The average Bonchev–Trinajstić information content (AvgIpc) is 3.42. The van der Waals surface area contributed by atoms with E-state index in [0.717, 1.165) is 60.0 Å². The molecule has 8 heteroatoms. The number of imidazole rings is 2. The van der Waals surface area contributed by atoms with Gasteiger partial charge in [0.15, 0.2) is 0 Å². The molecule has 1 saturated heterocycles. The topological polar surface area (TPSA) is 94.6 Å². The molecule has 0 radical (unpaired) electrons. The fourth-order valence-corrected chi connectivity index (χ4v) is 3.42. The Morgan fingerprint density at radius 2 is 1.85 bits per heavy atom. The lowest BCUT2D eigenvalue weighted by Gasteiger charge is -2.12. The van der Waals surface area contributed by atoms with E-state index in [1.165, 1.54) is 0 Å². The van der Waals surface area contributed by atoms with Gasteiger partial charge >= 0.3 is 0 Å². The Morgan fingerprint density at radius 1 is 1.07 bits per heavy atom. The lowest BCUT2D eigenvalue weighted by Crippen LogP contribution is -2.33. The molecule has 1 aromatic carbocycles. The van der Waals surface area contributed by atoms with Crippen molar-refractivity contribution >= 4 is 0 Å². The van der Waals surface area contributed by atoms with Crippen molar-refractivity contribution in [3.05, 3.63) is 48.2 Å². The maximum atomic E-state index is 4.84. The van der Waals surface area contributed by atoms with Crippen LogP contribution in [0.2, 0.25) is 0 Å². The third-order valence-electron chi connectivity index (χ3n) is 4.83. The Hall–Kier alpha value is -2.52. The molecule has 4 rings (SSSR count). The number of aromatic nitrogens is 4. The lowest BCUT2D eigenvalue weighted by atomic mass is 10.1. The van der Waals surface area contributed by atoms with Gasteiger partial charge in [-0.3, -0.25) is 0 Å². The Labute approximate surface area is 158 Å². The number of hydrazine groups is 3. The van der Waals surface area contributed by atoms with Crippen molar-refractivity contribution in [2.75, 3.05) is 0 Å². The van der Waals surface area contributed by atoms with E-state index in [9.17, 15) is 0 Å². The molecule has 1 aliphatic heterocycles. The summed E-state index contributed by atoms with van der Waals surface area (Å²) in [6.07, 6.45) is 5.02. The Morgan fingerprint density at radius 3 is 2.56 bits per heavy atom. The molecule has 1 aliphatic rings. The summed E-state index contributed by atoms with van der Waals surface area (Å²) in [6, 6.07) is 10.3. The number of hydrogen-bond acceptors (Lipinski definition) is 6. The third kappa shape index (κ3) is 3.79. The van der Waals surface area contributed by atoms with Gasteiger partial charge in [-0.25, -0.2) is 20.8 Å². The largest absolute Gasteiger partial charge is 0.346 e. The molecule has 2 aromatic heterocycles. The van der Waals surface area contributed by atoms with E-state index in [-0.39, 0.29) is 6.17 Å². The van der Waals surface area contributed by atoms with E-state index in [1.54, 1.807) is 0 Å². The highest BCUT2D eigenvalue weighted by atomic mass is 15.8. The maximum absolute atomic E-state index is 4.84. The van der Waals surface area contributed by atoms with Gasteiger partial charge in [0.05, 0.1) is 23.9 Å². The average molecular weight is 366 g/mol. The minimum Gasteiger partial charge on any atom is -0.346 e. The van der Waals surface area contributed by atoms with Gasteiger partial charge in [0.25, 0.3) is 0 Å². The number of hydrogen-bond donors (Lipinski definition) is 5. The molecule has 3 aromatic rings. The number of aryl methyl sites for hydroxylation is 3. The van der Waals surface area contributed by atoms with Gasteiger partial charge < -0.3 is 9.55 Å². The van der Waals surface area contributed by atoms with Crippen molar-refractivity contribution < 1.29 is 0 Å². The maximum Gasteiger partial charge on any atom is 0.110 e. The number of benzene rings is 1. The molecule has 0 amide bonds. The van der Waals surface area contributed by atoms with Crippen molar-refractivity contribution in [1.82, 2.24) is 41.4 Å². The van der Waals surface area contributed by atoms with Gasteiger partial charge in [0.1, 0.15) is 11.5 Å². The quantitative estimate of drug-likeness (QED) is 0.439. The highest BCUT2D eigenvalue weighted by molar-refractivity contribution is 5.77. The van der Waals surface area contributed by atoms with Crippen LogP contribution in [0.3, 0.4) is 0 Å². The summed E-state index contributed by atoms with van der Waals surface area (Å²) in [4.78, 5) is 13.0. The minimum atomic E-state index is 0.212. The second kappa shape index (κ2) is 8.01. The molecule has 0 bridgehead atoms. The molecule has 0 saturated carbocycles. The summed E-state index contributed by atoms with van der Waals surface area (Å²) in [7, 11) is 0. The van der Waals surface area contributed by atoms with E-state index in [1.807, 2.05) is 24.5 Å². The van der Waals surface area contributed by atoms with Gasteiger partial charge in [-0.1, -0.05) is 37.3 Å². The SMILES string of the molecule is CCc1nc(-c2c(-c3ccccc3)ncn2CCCC2NNNN2)c(C)[nH]1. The smallest absolute Gasteiger partial charge is 0.110 e. The zero-order chi connectivity index (χ0) is 18.6. The van der Waals surface area contributed by atoms with Crippen molar-refractivity contribution in [2.45, 2.75) is 45.8 Å². The van der Waals surface area contributed by atoms with Crippen LogP contribution in [0.15, 0.2) is 36.7 Å². The van der Waals surface area contributed by atoms with E-state index >= 15 is 0 Å². The fraction of sp³-hybridized carbons (Fsp3) is 0.368. The molecular formula is C19H26N8. The molecule has 1 fully saturated rings. The monoisotopic (exact) mass is 366 g/mol. The van der Waals surface area contributed by atoms with E-state index in [4.69, 9.17) is 9.97 Å². The van der Waals surface area contributed by atoms with Crippen LogP contribution >= 0.6 is 0 Å². The first kappa shape index (κ1) is 17.9. The highest BCUT2D eigenvalue weighted by Gasteiger charge is 2.20. The van der Waals surface area contributed by atoms with Gasteiger partial charge in [0, 0.05) is 24.2 Å². The van der Waals surface area contributed by atoms with Crippen molar-refractivity contribution in [3.63, 3.8) is 0 Å². The van der Waals surface area contributed by atoms with Crippen LogP contribution in [0.4, 0.5) is 0 Å². The highest BCUT2D eigenvalue weighted by Crippen LogP contribution is 2.32. The van der Waals surface area contributed by atoms with Crippen LogP contribution in [0.1, 0.15) is 31.3 Å². The summed E-state index contributed by atoms with van der Waals surface area (Å²) in [5, 5.41) is 0. The molecule has 142 valence electrons.